The molecule has 0 radical (unpaired) electrons. The molecule has 0 aliphatic rings. The molecule has 0 atom stereocenters. The summed E-state index contributed by atoms with van der Waals surface area (Å²) in [5.74, 6) is 0.810. The second-order valence-corrected chi connectivity index (χ2v) is 10.2. The molecule has 0 spiro atoms. The molecule has 8 nitrogen and oxygen atoms in total. The summed E-state index contributed by atoms with van der Waals surface area (Å²) in [5.41, 5.74) is 6.33. The van der Waals surface area contributed by atoms with Crippen LogP contribution in [-0.2, 0) is 6.42 Å². The monoisotopic (exact) mass is 568 g/mol. The molecule has 2 aromatic heterocycles. The zero-order valence-corrected chi connectivity index (χ0v) is 23.6. The van der Waals surface area contributed by atoms with E-state index in [-0.39, 0.29) is 0 Å². The van der Waals surface area contributed by atoms with E-state index in [0.717, 1.165) is 33.3 Å². The first-order valence-electron chi connectivity index (χ1n) is 13.8. The lowest BCUT2D eigenvalue weighted by Crippen LogP contribution is -2.17. The number of benzene rings is 4. The third-order valence-electron chi connectivity index (χ3n) is 6.86. The Hall–Kier alpha value is -5.76. The lowest BCUT2D eigenvalue weighted by atomic mass is 10.0. The van der Waals surface area contributed by atoms with Crippen molar-refractivity contribution in [3.8, 4) is 11.5 Å². The van der Waals surface area contributed by atoms with Gasteiger partial charge in [-0.15, -0.1) is 0 Å². The van der Waals surface area contributed by atoms with Gasteiger partial charge in [-0.3, -0.25) is 10.6 Å². The minimum Gasteiger partial charge on any atom is -0.408 e. The van der Waals surface area contributed by atoms with Crippen LogP contribution in [0, 0.1) is 13.8 Å². The van der Waals surface area contributed by atoms with Crippen molar-refractivity contribution in [2.24, 2.45) is 0 Å². The molecule has 0 aliphatic heterocycles. The van der Waals surface area contributed by atoms with Crippen LogP contribution in [0.3, 0.4) is 0 Å². The zero-order chi connectivity index (χ0) is 29.8. The van der Waals surface area contributed by atoms with E-state index in [2.05, 4.69) is 20.6 Å². The van der Waals surface area contributed by atoms with Crippen LogP contribution in [0.2, 0.25) is 0 Å². The maximum atomic E-state index is 12.6. The summed E-state index contributed by atoms with van der Waals surface area (Å²) in [4.78, 5) is 34.1. The van der Waals surface area contributed by atoms with E-state index < -0.39 is 12.2 Å². The Morgan fingerprint density at radius 1 is 0.558 bits per heavy atom. The molecule has 2 amide bonds. The van der Waals surface area contributed by atoms with Crippen LogP contribution in [-0.4, -0.2) is 22.2 Å². The standard InChI is InChI=1S/C35H28N4O4/c1-22-9-15-26-5-3-7-30(32(26)36-22)42-34(40)38-28-17-11-24(12-18-28)21-25-13-19-29(20-14-25)39-35(41)43-31-8-4-6-27-16-10-23(2)37-33(27)31/h3-20H,21H2,1-2H3,(H,38,40)(H,39,41). The van der Waals surface area contributed by atoms with E-state index in [1.165, 1.54) is 0 Å². The van der Waals surface area contributed by atoms with Gasteiger partial charge in [0.25, 0.3) is 0 Å². The van der Waals surface area contributed by atoms with Gasteiger partial charge in [-0.1, -0.05) is 60.7 Å². The minimum absolute atomic E-state index is 0.405. The largest absolute Gasteiger partial charge is 0.417 e. The Morgan fingerprint density at radius 2 is 0.977 bits per heavy atom. The van der Waals surface area contributed by atoms with Crippen LogP contribution in [0.15, 0.2) is 109 Å². The summed E-state index contributed by atoms with van der Waals surface area (Å²) in [6, 6.07) is 33.8. The van der Waals surface area contributed by atoms with Crippen molar-refractivity contribution in [3.63, 3.8) is 0 Å². The highest BCUT2D eigenvalue weighted by Gasteiger charge is 2.12. The average molecular weight is 569 g/mol. The van der Waals surface area contributed by atoms with Gasteiger partial charge >= 0.3 is 12.2 Å². The fourth-order valence-electron chi connectivity index (χ4n) is 4.73. The first kappa shape index (κ1) is 27.4. The molecular weight excluding hydrogens is 540 g/mol. The molecule has 43 heavy (non-hydrogen) atoms. The lowest BCUT2D eigenvalue weighted by molar-refractivity contribution is 0.214. The number of fused-ring (bicyclic) bond motifs is 2. The van der Waals surface area contributed by atoms with Crippen molar-refractivity contribution in [3.05, 3.63) is 132 Å². The van der Waals surface area contributed by atoms with Gasteiger partial charge in [0, 0.05) is 33.5 Å². The Kier molecular flexibility index (Phi) is 7.65. The number of ether oxygens (including phenoxy) is 2. The average Bonchev–Trinajstić information content (AvgIpc) is 3.00. The number of carbonyl (C=O) groups excluding carboxylic acids is 2. The zero-order valence-electron chi connectivity index (χ0n) is 23.6. The van der Waals surface area contributed by atoms with E-state index >= 15 is 0 Å². The first-order valence-corrected chi connectivity index (χ1v) is 13.8. The Morgan fingerprint density at radius 3 is 1.40 bits per heavy atom. The van der Waals surface area contributed by atoms with Crippen molar-refractivity contribution in [1.82, 2.24) is 9.97 Å². The highest BCUT2D eigenvalue weighted by molar-refractivity contribution is 5.92. The summed E-state index contributed by atoms with van der Waals surface area (Å²) in [5, 5.41) is 7.34. The first-order chi connectivity index (χ1) is 20.9. The van der Waals surface area contributed by atoms with Gasteiger partial charge in [0.1, 0.15) is 11.0 Å². The number of rotatable bonds is 6. The van der Waals surface area contributed by atoms with Crippen molar-refractivity contribution in [2.75, 3.05) is 10.6 Å². The molecule has 0 fully saturated rings. The molecule has 0 saturated carbocycles. The van der Waals surface area contributed by atoms with Gasteiger partial charge in [-0.25, -0.2) is 19.6 Å². The predicted molar refractivity (Wildman–Crippen MR) is 168 cm³/mol. The van der Waals surface area contributed by atoms with Crippen LogP contribution in [0.5, 0.6) is 11.5 Å². The number of nitrogens with one attached hydrogen (secondary N) is 2. The van der Waals surface area contributed by atoms with Crippen molar-refractivity contribution >= 4 is 45.4 Å². The number of hydrogen-bond acceptors (Lipinski definition) is 6. The molecule has 0 aliphatic carbocycles. The Labute approximate surface area is 248 Å². The maximum absolute atomic E-state index is 12.6. The summed E-state index contributed by atoms with van der Waals surface area (Å²) in [6.45, 7) is 3.79. The van der Waals surface area contributed by atoms with Gasteiger partial charge in [-0.05, 0) is 79.9 Å². The molecule has 0 bridgehead atoms. The number of amides is 2. The fourth-order valence-corrected chi connectivity index (χ4v) is 4.73. The Bertz CT molecular complexity index is 1810. The molecule has 0 unspecified atom stereocenters. The number of anilines is 2. The van der Waals surface area contributed by atoms with Crippen molar-refractivity contribution < 1.29 is 19.1 Å². The van der Waals surface area contributed by atoms with Gasteiger partial charge in [-0.2, -0.15) is 0 Å². The highest BCUT2D eigenvalue weighted by atomic mass is 16.6. The second-order valence-electron chi connectivity index (χ2n) is 10.2. The molecule has 212 valence electrons. The molecule has 4 aromatic carbocycles. The van der Waals surface area contributed by atoms with E-state index in [0.29, 0.717) is 40.3 Å². The van der Waals surface area contributed by atoms with Gasteiger partial charge in [0.15, 0.2) is 11.5 Å². The van der Waals surface area contributed by atoms with E-state index in [1.54, 1.807) is 12.1 Å². The lowest BCUT2D eigenvalue weighted by Gasteiger charge is -2.10. The fraction of sp³-hybridized carbons (Fsp3) is 0.0857. The summed E-state index contributed by atoms with van der Waals surface area (Å²) in [6.07, 6.45) is -0.494. The highest BCUT2D eigenvalue weighted by Crippen LogP contribution is 2.26. The second kappa shape index (κ2) is 12.0. The molecule has 6 aromatic rings. The third-order valence-corrected chi connectivity index (χ3v) is 6.86. The van der Waals surface area contributed by atoms with E-state index in [1.807, 2.05) is 111 Å². The molecule has 0 saturated heterocycles. The number of aromatic nitrogens is 2. The topological polar surface area (TPSA) is 102 Å². The smallest absolute Gasteiger partial charge is 0.408 e. The van der Waals surface area contributed by atoms with Crippen molar-refractivity contribution in [1.29, 1.82) is 0 Å². The molecule has 2 heterocycles. The van der Waals surface area contributed by atoms with Gasteiger partial charge < -0.3 is 9.47 Å². The maximum Gasteiger partial charge on any atom is 0.417 e. The summed E-state index contributed by atoms with van der Waals surface area (Å²) in [7, 11) is 0. The van der Waals surface area contributed by atoms with Crippen LogP contribution in [0.25, 0.3) is 21.8 Å². The number of hydrogen-bond donors (Lipinski definition) is 2. The van der Waals surface area contributed by atoms with E-state index in [4.69, 9.17) is 9.47 Å². The number of nitrogens with zero attached hydrogens (tertiary/aromatic N) is 2. The molecular formula is C35H28N4O4. The minimum atomic E-state index is -0.586. The molecule has 6 rings (SSSR count). The normalized spacial score (nSPS) is 10.8. The summed E-state index contributed by atoms with van der Waals surface area (Å²) < 4.78 is 11.1. The van der Waals surface area contributed by atoms with Gasteiger partial charge in [0.2, 0.25) is 0 Å². The quantitative estimate of drug-likeness (QED) is 0.210. The number of aryl methyl sites for hydroxylation is 2. The number of carbonyl (C=O) groups is 2. The SMILES string of the molecule is Cc1ccc2cccc(OC(=O)Nc3ccc(Cc4ccc(NC(=O)Oc5cccc6ccc(C)nc56)cc4)cc3)c2n1. The van der Waals surface area contributed by atoms with E-state index in [9.17, 15) is 9.59 Å². The molecule has 2 N–H and O–H groups in total. The van der Waals surface area contributed by atoms with Crippen LogP contribution < -0.4 is 20.1 Å². The Balaban J connectivity index is 1.03. The van der Waals surface area contributed by atoms with Gasteiger partial charge in [0.05, 0.1) is 0 Å². The number of pyridine rings is 2. The molecule has 8 heteroatoms. The number of para-hydroxylation sites is 2. The third kappa shape index (κ3) is 6.60. The van der Waals surface area contributed by atoms with Crippen LogP contribution >= 0.6 is 0 Å². The van der Waals surface area contributed by atoms with Crippen LogP contribution in [0.4, 0.5) is 21.0 Å². The summed E-state index contributed by atoms with van der Waals surface area (Å²) >= 11 is 0. The predicted octanol–water partition coefficient (Wildman–Crippen LogP) is 8.21. The van der Waals surface area contributed by atoms with Crippen molar-refractivity contribution in [2.45, 2.75) is 20.3 Å². The van der Waals surface area contributed by atoms with Crippen LogP contribution in [0.1, 0.15) is 22.5 Å².